The number of aliphatic hydroxyl groups excluding tert-OH is 2. The Morgan fingerprint density at radius 2 is 1.24 bits per heavy atom. The van der Waals surface area contributed by atoms with Crippen LogP contribution in [0.3, 0.4) is 0 Å². The minimum atomic E-state index is -5.41. The molecule has 1 aromatic rings. The molecule has 2 heterocycles. The van der Waals surface area contributed by atoms with Gasteiger partial charge < -0.3 is 39.9 Å². The number of phosphoric acid groups is 2. The maximum absolute atomic E-state index is 12.8. The molecular weight excluding hydrogens is 848 g/mol. The van der Waals surface area contributed by atoms with E-state index in [2.05, 4.69) is 37.0 Å². The number of nitrogens with zero attached hydrogens (tertiary/aromatic N) is 2. The van der Waals surface area contributed by atoms with Crippen LogP contribution in [0.25, 0.3) is 0 Å². The number of nitrogens with two attached hydrogens (primary N) is 1. The molecule has 62 heavy (non-hydrogen) atoms. The lowest BCUT2D eigenvalue weighted by Crippen LogP contribution is -2.36. The number of hydrogen-bond donors (Lipinski definition) is 5. The van der Waals surface area contributed by atoms with Gasteiger partial charge in [0, 0.05) is 19.0 Å². The molecule has 0 bridgehead atoms. The number of carbonyl (C=O) groups excluding carboxylic acids is 2. The van der Waals surface area contributed by atoms with Gasteiger partial charge in [0.05, 0.1) is 13.2 Å². The number of phosphoric ester groups is 2. The Morgan fingerprint density at radius 3 is 1.76 bits per heavy atom. The number of carbonyl (C=O) groups is 2. The molecule has 0 amide bonds. The maximum Gasteiger partial charge on any atom is 0.481 e. The fourth-order valence-corrected chi connectivity index (χ4v) is 9.02. The standard InChI is InChI=1S/C42H77N3O15P2/c1-5-32(3)23-19-15-11-9-7-8-10-12-17-21-25-37(46)55-29-34(58-38(47)26-22-18-14-13-16-20-24-33(4)6-2)30-56-61(51,52)60-62(53,54)57-31-35-39(48)40(49)41(59-35)45-28-27-36(43)44-42(45)50/h27-28,32-35,39-41,48-49H,5-26,29-31H2,1-4H3,(H,51,52)(H,53,54)(H2,43,44,50)/t32?,33?,34-,35-,39+,40?,41-/m1/s1. The SMILES string of the molecule is CCC(C)CCCCCCCCCCCCC(=O)OC[C@H](COP(=O)(O)OP(=O)(O)OC[C@H]1O[C@@H](n2ccc(N)nc2=O)C(O)[C@H]1O)OC(=O)CCCCCCCCC(C)CC. The number of nitrogen functional groups attached to an aromatic ring is 1. The van der Waals surface area contributed by atoms with Gasteiger partial charge in [-0.15, -0.1) is 0 Å². The Kier molecular flexibility index (Phi) is 27.8. The number of unbranched alkanes of at least 4 members (excludes halogenated alkanes) is 14. The van der Waals surface area contributed by atoms with E-state index in [0.29, 0.717) is 18.8 Å². The highest BCUT2D eigenvalue weighted by Gasteiger charge is 2.46. The Balaban J connectivity index is 1.83. The third-order valence-corrected chi connectivity index (χ3v) is 13.9. The summed E-state index contributed by atoms with van der Waals surface area (Å²) < 4.78 is 56.5. The maximum atomic E-state index is 12.8. The third kappa shape index (κ3) is 24.2. The highest BCUT2D eigenvalue weighted by Crippen LogP contribution is 2.60. The summed E-state index contributed by atoms with van der Waals surface area (Å²) >= 11 is 0. The highest BCUT2D eigenvalue weighted by atomic mass is 31.3. The minimum Gasteiger partial charge on any atom is -0.462 e. The van der Waals surface area contributed by atoms with E-state index in [-0.39, 0.29) is 18.7 Å². The fourth-order valence-electron chi connectivity index (χ4n) is 6.91. The van der Waals surface area contributed by atoms with E-state index in [4.69, 9.17) is 29.0 Å². The Bertz CT molecular complexity index is 1570. The molecule has 20 heteroatoms. The van der Waals surface area contributed by atoms with Crippen molar-refractivity contribution in [2.45, 2.75) is 200 Å². The van der Waals surface area contributed by atoms with Crippen molar-refractivity contribution in [3.05, 3.63) is 22.7 Å². The van der Waals surface area contributed by atoms with Crippen LogP contribution in [-0.2, 0) is 46.3 Å². The fraction of sp³-hybridized carbons (Fsp3) is 0.857. The van der Waals surface area contributed by atoms with Crippen LogP contribution in [0, 0.1) is 11.8 Å². The predicted octanol–water partition coefficient (Wildman–Crippen LogP) is 8.04. The van der Waals surface area contributed by atoms with Crippen molar-refractivity contribution >= 4 is 33.4 Å². The molecule has 1 aliphatic rings. The Labute approximate surface area is 368 Å². The average Bonchev–Trinajstić information content (AvgIpc) is 3.50. The zero-order valence-corrected chi connectivity index (χ0v) is 39.3. The van der Waals surface area contributed by atoms with Crippen LogP contribution in [-0.4, -0.2) is 85.7 Å². The summed E-state index contributed by atoms with van der Waals surface area (Å²) in [7, 11) is -10.8. The number of aromatic nitrogens is 2. The second-order valence-corrected chi connectivity index (χ2v) is 19.8. The molecular formula is C42H77N3O15P2. The number of ether oxygens (including phenoxy) is 3. The van der Waals surface area contributed by atoms with Crippen molar-refractivity contribution in [1.82, 2.24) is 9.55 Å². The second kappa shape index (κ2) is 30.8. The van der Waals surface area contributed by atoms with E-state index >= 15 is 0 Å². The topological polar surface area (TPSA) is 265 Å². The summed E-state index contributed by atoms with van der Waals surface area (Å²) in [5.41, 5.74) is 4.58. The number of anilines is 1. The first-order valence-electron chi connectivity index (χ1n) is 22.8. The van der Waals surface area contributed by atoms with E-state index < -0.39 is 83.7 Å². The van der Waals surface area contributed by atoms with Crippen LogP contribution in [0.2, 0.25) is 0 Å². The highest BCUT2D eigenvalue weighted by molar-refractivity contribution is 7.61. The quantitative estimate of drug-likeness (QED) is 0.0242. The van der Waals surface area contributed by atoms with Crippen LogP contribution >= 0.6 is 15.6 Å². The summed E-state index contributed by atoms with van der Waals surface area (Å²) in [6, 6.07) is 1.25. The molecule has 6 N–H and O–H groups in total. The molecule has 9 atom stereocenters. The van der Waals surface area contributed by atoms with E-state index in [9.17, 15) is 43.5 Å². The smallest absolute Gasteiger partial charge is 0.462 e. The van der Waals surface area contributed by atoms with Crippen molar-refractivity contribution in [3.63, 3.8) is 0 Å². The van der Waals surface area contributed by atoms with Crippen molar-refractivity contribution in [1.29, 1.82) is 0 Å². The van der Waals surface area contributed by atoms with Gasteiger partial charge in [0.2, 0.25) is 0 Å². The van der Waals surface area contributed by atoms with Gasteiger partial charge in [-0.1, -0.05) is 143 Å². The lowest BCUT2D eigenvalue weighted by Gasteiger charge is -2.21. The molecule has 1 fully saturated rings. The van der Waals surface area contributed by atoms with Gasteiger partial charge in [0.15, 0.2) is 12.3 Å². The van der Waals surface area contributed by atoms with Crippen molar-refractivity contribution in [3.8, 4) is 0 Å². The number of hydrogen-bond acceptors (Lipinski definition) is 15. The minimum absolute atomic E-state index is 0.0522. The number of rotatable bonds is 36. The molecule has 1 saturated heterocycles. The summed E-state index contributed by atoms with van der Waals surface area (Å²) in [6.07, 6.45) is 15.2. The van der Waals surface area contributed by atoms with Gasteiger partial charge in [0.25, 0.3) is 0 Å². The average molecular weight is 926 g/mol. The summed E-state index contributed by atoms with van der Waals surface area (Å²) in [5, 5.41) is 20.8. The number of aliphatic hydroxyl groups is 2. The Hall–Kier alpha value is -2.24. The van der Waals surface area contributed by atoms with E-state index in [0.717, 1.165) is 74.5 Å². The van der Waals surface area contributed by atoms with Gasteiger partial charge in [-0.05, 0) is 30.7 Å². The second-order valence-electron chi connectivity index (χ2n) is 16.8. The molecule has 0 aliphatic carbocycles. The summed E-state index contributed by atoms with van der Waals surface area (Å²) in [4.78, 5) is 61.6. The zero-order chi connectivity index (χ0) is 46.0. The first kappa shape index (κ1) is 55.9. The summed E-state index contributed by atoms with van der Waals surface area (Å²) in [5.74, 6) is 0.229. The number of esters is 2. The molecule has 0 radical (unpaired) electrons. The van der Waals surface area contributed by atoms with E-state index in [1.54, 1.807) is 0 Å². The van der Waals surface area contributed by atoms with E-state index in [1.165, 1.54) is 63.9 Å². The molecule has 0 aromatic carbocycles. The summed E-state index contributed by atoms with van der Waals surface area (Å²) in [6.45, 7) is 6.69. The van der Waals surface area contributed by atoms with Crippen LogP contribution < -0.4 is 11.4 Å². The molecule has 1 aliphatic heterocycles. The van der Waals surface area contributed by atoms with Crippen LogP contribution in [0.1, 0.15) is 175 Å². The lowest BCUT2D eigenvalue weighted by molar-refractivity contribution is -0.161. The first-order chi connectivity index (χ1) is 29.5. The van der Waals surface area contributed by atoms with Gasteiger partial charge in [-0.3, -0.25) is 23.2 Å². The van der Waals surface area contributed by atoms with Gasteiger partial charge >= 0.3 is 33.3 Å². The lowest BCUT2D eigenvalue weighted by atomic mass is 9.99. The van der Waals surface area contributed by atoms with Crippen LogP contribution in [0.15, 0.2) is 17.1 Å². The zero-order valence-electron chi connectivity index (χ0n) is 37.5. The van der Waals surface area contributed by atoms with E-state index in [1.807, 2.05) is 0 Å². The molecule has 1 aromatic heterocycles. The first-order valence-corrected chi connectivity index (χ1v) is 25.8. The largest absolute Gasteiger partial charge is 0.481 e. The normalized spacial score (nSPS) is 21.2. The van der Waals surface area contributed by atoms with Crippen molar-refractivity contribution in [2.75, 3.05) is 25.6 Å². The third-order valence-electron chi connectivity index (χ3n) is 11.3. The van der Waals surface area contributed by atoms with Crippen molar-refractivity contribution in [2.24, 2.45) is 11.8 Å². The molecule has 0 spiro atoms. The van der Waals surface area contributed by atoms with Gasteiger partial charge in [-0.25, -0.2) is 13.9 Å². The molecule has 0 saturated carbocycles. The Morgan fingerprint density at radius 1 is 0.758 bits per heavy atom. The predicted molar refractivity (Wildman–Crippen MR) is 234 cm³/mol. The van der Waals surface area contributed by atoms with Crippen molar-refractivity contribution < 1.29 is 66.3 Å². The van der Waals surface area contributed by atoms with Crippen LogP contribution in [0.4, 0.5) is 5.82 Å². The monoisotopic (exact) mass is 925 g/mol. The van der Waals surface area contributed by atoms with Gasteiger partial charge in [0.1, 0.15) is 30.7 Å². The van der Waals surface area contributed by atoms with Gasteiger partial charge in [-0.2, -0.15) is 9.29 Å². The molecule has 5 unspecified atom stereocenters. The molecule has 18 nitrogen and oxygen atoms in total. The molecule has 360 valence electrons. The van der Waals surface area contributed by atoms with Crippen LogP contribution in [0.5, 0.6) is 0 Å². The molecule has 2 rings (SSSR count).